The molecule has 2 heterocycles. The number of aromatic nitrogens is 2. The third-order valence-electron chi connectivity index (χ3n) is 9.19. The van der Waals surface area contributed by atoms with Gasteiger partial charge in [-0.2, -0.15) is 10.2 Å². The molecule has 0 aliphatic rings. The molecule has 0 aliphatic carbocycles. The lowest BCUT2D eigenvalue weighted by atomic mass is 10.0. The monoisotopic (exact) mass is 581 g/mol. The van der Waals surface area contributed by atoms with Crippen molar-refractivity contribution in [2.45, 2.75) is 26.3 Å². The van der Waals surface area contributed by atoms with E-state index in [9.17, 15) is 4.79 Å². The number of hydrogen-bond acceptors (Lipinski definition) is 5. The number of hydrogen-bond donors (Lipinski definition) is 0. The molecular weight excluding hydrogens is 544 g/mol. The molecule has 0 fully saturated rings. The van der Waals surface area contributed by atoms with Crippen LogP contribution in [0, 0.1) is 0 Å². The van der Waals surface area contributed by atoms with Gasteiger partial charge in [0.15, 0.2) is 0 Å². The average Bonchev–Trinajstić information content (AvgIpc) is 3.02. The third-order valence-corrected chi connectivity index (χ3v) is 9.19. The highest BCUT2D eigenvalue weighted by atomic mass is 16.1. The zero-order valence-electron chi connectivity index (χ0n) is 26.0. The fraction of sp³-hybridized carbons (Fsp3) is 0.243. The number of nitrogens with zero attached hydrogens (tertiary/aromatic N) is 6. The van der Waals surface area contributed by atoms with Crippen LogP contribution in [0.15, 0.2) is 106 Å². The lowest BCUT2D eigenvalue weighted by molar-refractivity contribution is -0.894. The largest absolute Gasteiger partial charge is 0.372 e. The summed E-state index contributed by atoms with van der Waals surface area (Å²) in [5.41, 5.74) is 4.99. The minimum absolute atomic E-state index is 0.0635. The van der Waals surface area contributed by atoms with Crippen molar-refractivity contribution in [2.75, 3.05) is 39.1 Å². The SMILES string of the molecule is CCN(CCC(C)[N+](C)(C)C)c1ccc(N=Nc2cc3cccc4c(=O)n5c6cccc7cccc(nc5c(c2)c34)c76)cc1. The summed E-state index contributed by atoms with van der Waals surface area (Å²) in [5, 5.41) is 14.7. The van der Waals surface area contributed by atoms with Gasteiger partial charge in [0.25, 0.3) is 5.56 Å². The first-order chi connectivity index (χ1) is 21.2. The Morgan fingerprint density at radius 3 is 2.27 bits per heavy atom. The Balaban J connectivity index is 1.28. The van der Waals surface area contributed by atoms with Gasteiger partial charge in [0, 0.05) is 46.7 Å². The highest BCUT2D eigenvalue weighted by molar-refractivity contribution is 6.18. The van der Waals surface area contributed by atoms with Gasteiger partial charge in [0.1, 0.15) is 5.65 Å². The summed E-state index contributed by atoms with van der Waals surface area (Å²) < 4.78 is 2.71. The number of pyridine rings is 1. The van der Waals surface area contributed by atoms with Crippen LogP contribution in [0.2, 0.25) is 0 Å². The first-order valence-electron chi connectivity index (χ1n) is 15.3. The van der Waals surface area contributed by atoms with E-state index in [0.717, 1.165) is 67.6 Å². The van der Waals surface area contributed by atoms with E-state index >= 15 is 0 Å². The fourth-order valence-electron chi connectivity index (χ4n) is 6.24. The molecule has 0 bridgehead atoms. The molecule has 7 aromatic rings. The highest BCUT2D eigenvalue weighted by Gasteiger charge is 2.20. The molecule has 44 heavy (non-hydrogen) atoms. The van der Waals surface area contributed by atoms with Crippen LogP contribution in [0.25, 0.3) is 49.0 Å². The van der Waals surface area contributed by atoms with Crippen molar-refractivity contribution in [1.29, 1.82) is 0 Å². The Kier molecular flexibility index (Phi) is 6.78. The molecule has 0 N–H and O–H groups in total. The Morgan fingerprint density at radius 1 is 0.818 bits per heavy atom. The van der Waals surface area contributed by atoms with Crippen molar-refractivity contribution in [3.05, 3.63) is 101 Å². The second kappa shape index (κ2) is 10.7. The Labute approximate surface area is 256 Å². The molecule has 0 aliphatic heterocycles. The minimum atomic E-state index is -0.0635. The van der Waals surface area contributed by atoms with Crippen LogP contribution in [0.4, 0.5) is 17.1 Å². The van der Waals surface area contributed by atoms with Crippen molar-refractivity contribution in [2.24, 2.45) is 10.2 Å². The summed E-state index contributed by atoms with van der Waals surface area (Å²) in [5.74, 6) is 0. The van der Waals surface area contributed by atoms with Gasteiger partial charge in [-0.15, -0.1) is 0 Å². The first-order valence-corrected chi connectivity index (χ1v) is 15.3. The first kappa shape index (κ1) is 27.9. The predicted octanol–water partition coefficient (Wildman–Crippen LogP) is 8.47. The van der Waals surface area contributed by atoms with Gasteiger partial charge in [-0.05, 0) is 79.2 Å². The maximum atomic E-state index is 13.9. The van der Waals surface area contributed by atoms with Crippen LogP contribution in [-0.4, -0.2) is 54.1 Å². The number of anilines is 1. The predicted molar refractivity (Wildman–Crippen MR) is 183 cm³/mol. The van der Waals surface area contributed by atoms with E-state index in [1.54, 1.807) is 4.40 Å². The van der Waals surface area contributed by atoms with Crippen LogP contribution in [-0.2, 0) is 0 Å². The Hall–Kier alpha value is -4.88. The molecule has 5 aromatic carbocycles. The van der Waals surface area contributed by atoms with E-state index in [1.165, 1.54) is 5.69 Å². The van der Waals surface area contributed by atoms with Crippen molar-refractivity contribution in [3.8, 4) is 0 Å². The summed E-state index contributed by atoms with van der Waals surface area (Å²) in [6, 6.07) is 30.9. The van der Waals surface area contributed by atoms with Gasteiger partial charge in [-0.1, -0.05) is 36.4 Å². The van der Waals surface area contributed by atoms with Gasteiger partial charge >= 0.3 is 0 Å². The fourth-order valence-corrected chi connectivity index (χ4v) is 6.24. The standard InChI is InChI=1S/C37H37N6O/c1-6-41(21-20-24(2)43(3,4)5)29-18-16-27(17-19-29)39-40-28-22-26-12-7-13-30-34(26)31(23-28)36-38-32-14-8-10-25-11-9-15-33(35(25)32)42(36)37(30)44/h7-19,22-24H,6,20-21H2,1-5H3/q+1. The maximum Gasteiger partial charge on any atom is 0.264 e. The van der Waals surface area contributed by atoms with Crippen molar-refractivity contribution < 1.29 is 4.48 Å². The molecular formula is C37H37N6O+. The summed E-state index contributed by atoms with van der Waals surface area (Å²) in [4.78, 5) is 21.3. The Morgan fingerprint density at radius 2 is 1.52 bits per heavy atom. The van der Waals surface area contributed by atoms with E-state index in [1.807, 2.05) is 66.7 Å². The van der Waals surface area contributed by atoms with Crippen molar-refractivity contribution >= 4 is 66.1 Å². The Bertz CT molecular complexity index is 2240. The maximum absolute atomic E-state index is 13.9. The molecule has 0 spiro atoms. The van der Waals surface area contributed by atoms with Crippen LogP contribution in [0.5, 0.6) is 0 Å². The highest BCUT2D eigenvalue weighted by Crippen LogP contribution is 2.35. The molecule has 2 aromatic heterocycles. The van der Waals surface area contributed by atoms with E-state index in [4.69, 9.17) is 4.98 Å². The quantitative estimate of drug-likeness (QED) is 0.0783. The third kappa shape index (κ3) is 4.74. The van der Waals surface area contributed by atoms with Gasteiger partial charge in [0.2, 0.25) is 0 Å². The van der Waals surface area contributed by atoms with Crippen molar-refractivity contribution in [3.63, 3.8) is 0 Å². The second-order valence-corrected chi connectivity index (χ2v) is 12.7. The van der Waals surface area contributed by atoms with E-state index in [-0.39, 0.29) is 5.56 Å². The molecule has 1 atom stereocenters. The van der Waals surface area contributed by atoms with Crippen LogP contribution in [0.1, 0.15) is 20.3 Å². The van der Waals surface area contributed by atoms with Gasteiger partial charge in [0.05, 0.1) is 49.6 Å². The molecule has 7 rings (SSSR count). The zero-order valence-corrected chi connectivity index (χ0v) is 26.0. The molecule has 0 amide bonds. The van der Waals surface area contributed by atoms with Crippen molar-refractivity contribution in [1.82, 2.24) is 9.38 Å². The summed E-state index contributed by atoms with van der Waals surface area (Å²) in [6.45, 7) is 6.48. The summed E-state index contributed by atoms with van der Waals surface area (Å²) >= 11 is 0. The number of rotatable bonds is 8. The number of benzene rings is 5. The van der Waals surface area contributed by atoms with E-state index < -0.39 is 0 Å². The normalized spacial score (nSPS) is 13.3. The molecule has 0 radical (unpaired) electrons. The molecule has 220 valence electrons. The van der Waals surface area contributed by atoms with Gasteiger partial charge in [-0.25, -0.2) is 4.98 Å². The van der Waals surface area contributed by atoms with Crippen LogP contribution >= 0.6 is 0 Å². The summed E-state index contributed by atoms with van der Waals surface area (Å²) in [6.07, 6.45) is 1.12. The van der Waals surface area contributed by atoms with Crippen LogP contribution < -0.4 is 10.5 Å². The lowest BCUT2D eigenvalue weighted by Crippen LogP contribution is -2.44. The zero-order chi connectivity index (χ0) is 30.6. The minimum Gasteiger partial charge on any atom is -0.372 e. The number of fused-ring (bicyclic) bond motifs is 3. The molecule has 7 nitrogen and oxygen atoms in total. The molecule has 1 unspecified atom stereocenters. The number of azo groups is 1. The van der Waals surface area contributed by atoms with Gasteiger partial charge < -0.3 is 9.38 Å². The lowest BCUT2D eigenvalue weighted by Gasteiger charge is -2.33. The topological polar surface area (TPSA) is 62.3 Å². The number of quaternary nitrogens is 1. The average molecular weight is 582 g/mol. The molecule has 0 saturated heterocycles. The summed E-state index contributed by atoms with van der Waals surface area (Å²) in [7, 11) is 6.76. The molecule has 0 saturated carbocycles. The van der Waals surface area contributed by atoms with Crippen LogP contribution in [0.3, 0.4) is 0 Å². The van der Waals surface area contributed by atoms with Gasteiger partial charge in [-0.3, -0.25) is 9.20 Å². The smallest absolute Gasteiger partial charge is 0.264 e. The molecule has 7 heteroatoms. The van der Waals surface area contributed by atoms with E-state index in [0.29, 0.717) is 22.8 Å². The second-order valence-electron chi connectivity index (χ2n) is 12.7. The van der Waals surface area contributed by atoms with E-state index in [2.05, 4.69) is 74.4 Å².